The zero-order valence-corrected chi connectivity index (χ0v) is 11.0. The van der Waals surface area contributed by atoms with Crippen LogP contribution in [0.4, 0.5) is 5.95 Å². The highest BCUT2D eigenvalue weighted by molar-refractivity contribution is 9.10. The first-order chi connectivity index (χ1) is 8.65. The molecule has 6 nitrogen and oxygen atoms in total. The number of imidazole rings is 1. The molecule has 2 heterocycles. The van der Waals surface area contributed by atoms with Crippen LogP contribution in [0.5, 0.6) is 0 Å². The van der Waals surface area contributed by atoms with E-state index < -0.39 is 0 Å². The van der Waals surface area contributed by atoms with Gasteiger partial charge in [-0.05, 0) is 34.1 Å². The Kier molecular flexibility index (Phi) is 3.83. The van der Waals surface area contributed by atoms with Crippen molar-refractivity contribution in [2.75, 3.05) is 12.3 Å². The molecule has 0 radical (unpaired) electrons. The van der Waals surface area contributed by atoms with Gasteiger partial charge in [-0.15, -0.1) is 0 Å². The zero-order chi connectivity index (χ0) is 13.0. The Labute approximate surface area is 112 Å². The second-order valence-electron chi connectivity index (χ2n) is 3.62. The van der Waals surface area contributed by atoms with Gasteiger partial charge in [0.05, 0.1) is 4.60 Å². The topological polar surface area (TPSA) is 101 Å². The van der Waals surface area contributed by atoms with Gasteiger partial charge in [-0.25, -0.2) is 9.97 Å². The summed E-state index contributed by atoms with van der Waals surface area (Å²) < 4.78 is 0.778. The van der Waals surface area contributed by atoms with Crippen molar-refractivity contribution in [3.05, 3.63) is 40.4 Å². The molecule has 18 heavy (non-hydrogen) atoms. The van der Waals surface area contributed by atoms with Crippen molar-refractivity contribution in [2.45, 2.75) is 0 Å². The molecule has 6 N–H and O–H groups in total. The summed E-state index contributed by atoms with van der Waals surface area (Å²) in [5.41, 5.74) is 6.86. The normalized spacial score (nSPS) is 10.9. The van der Waals surface area contributed by atoms with E-state index in [2.05, 4.69) is 36.2 Å². The summed E-state index contributed by atoms with van der Waals surface area (Å²) in [5, 5.41) is 2.76. The predicted octanol–water partition coefficient (Wildman–Crippen LogP) is 0.945. The Morgan fingerprint density at radius 2 is 2.33 bits per heavy atom. The number of carbonyl (C=O) groups is 1. The van der Waals surface area contributed by atoms with Crippen LogP contribution in [-0.2, 0) is 0 Å². The monoisotopic (exact) mass is 310 g/mol. The van der Waals surface area contributed by atoms with Crippen LogP contribution in [0, 0.1) is 0 Å². The highest BCUT2D eigenvalue weighted by Crippen LogP contribution is 2.08. The lowest BCUT2D eigenvalue weighted by Gasteiger charge is -1.98. The number of nitrogens with two attached hydrogens (primary N) is 1. The molecule has 0 aliphatic heterocycles. The molecule has 2 rings (SSSR count). The van der Waals surface area contributed by atoms with E-state index in [-0.39, 0.29) is 5.91 Å². The average Bonchev–Trinajstić information content (AvgIpc) is 2.93. The maximum absolute atomic E-state index is 11.6. The van der Waals surface area contributed by atoms with E-state index in [1.54, 1.807) is 18.3 Å². The zero-order valence-electron chi connectivity index (χ0n) is 9.46. The molecule has 0 spiro atoms. The number of H-pyrrole nitrogens is 3. The minimum atomic E-state index is -0.150. The Hall–Kier alpha value is -2.02. The molecule has 2 aromatic heterocycles. The van der Waals surface area contributed by atoms with Gasteiger partial charge < -0.3 is 10.3 Å². The average molecular weight is 311 g/mol. The van der Waals surface area contributed by atoms with Gasteiger partial charge in [0.25, 0.3) is 5.91 Å². The van der Waals surface area contributed by atoms with E-state index in [0.29, 0.717) is 18.2 Å². The van der Waals surface area contributed by atoms with Gasteiger partial charge in [0.2, 0.25) is 0 Å². The number of hydrogen-bond donors (Lipinski definition) is 4. The minimum absolute atomic E-state index is 0.150. The van der Waals surface area contributed by atoms with Gasteiger partial charge in [-0.2, -0.15) is 0 Å². The van der Waals surface area contributed by atoms with Crippen LogP contribution in [-0.4, -0.2) is 22.4 Å². The quantitative estimate of drug-likeness (QED) is 0.675. The van der Waals surface area contributed by atoms with E-state index in [1.807, 2.05) is 12.2 Å². The number of amides is 1. The molecule has 0 aromatic carbocycles. The number of aromatic amines is 3. The number of carbonyl (C=O) groups excluding carboxylic acids is 1. The molecule has 94 valence electrons. The smallest absolute Gasteiger partial charge is 0.347 e. The van der Waals surface area contributed by atoms with Crippen LogP contribution >= 0.6 is 15.9 Å². The lowest BCUT2D eigenvalue weighted by molar-refractivity contribution is -0.358. The number of nitrogens with one attached hydrogen (secondary N) is 4. The Balaban J connectivity index is 1.82. The van der Waals surface area contributed by atoms with Gasteiger partial charge in [0.1, 0.15) is 17.6 Å². The summed E-state index contributed by atoms with van der Waals surface area (Å²) in [6, 6.07) is 3.49. The standard InChI is InChI=1S/C11H12BrN5O/c12-9-4-3-8(17-9)10(18)14-5-1-2-7-6-15-11(13)16-7/h1-4,6,17H,5H2,(H,14,18)(H3,13,15,16)/p+1/b2-1+. The minimum Gasteiger partial charge on any atom is -0.347 e. The SMILES string of the molecule is Nc1[nH]c(/C=C/CNC(=O)c2ccc(Br)[nH]2)c[nH+]1. The third kappa shape index (κ3) is 3.24. The lowest BCUT2D eigenvalue weighted by atomic mass is 10.4. The molecule has 0 fully saturated rings. The number of hydrogen-bond acceptors (Lipinski definition) is 2. The molecule has 0 bridgehead atoms. The molecule has 0 aliphatic rings. The van der Waals surface area contributed by atoms with E-state index in [1.165, 1.54) is 0 Å². The number of aromatic nitrogens is 3. The molecule has 0 saturated heterocycles. The first kappa shape index (κ1) is 12.4. The van der Waals surface area contributed by atoms with Crippen molar-refractivity contribution >= 4 is 33.9 Å². The molecule has 1 amide bonds. The number of nitrogen functional groups attached to an aromatic ring is 1. The van der Waals surface area contributed by atoms with Crippen molar-refractivity contribution in [1.29, 1.82) is 0 Å². The van der Waals surface area contributed by atoms with Crippen molar-refractivity contribution in [1.82, 2.24) is 15.3 Å². The molecule has 0 saturated carbocycles. The van der Waals surface area contributed by atoms with Crippen LogP contribution in [0.25, 0.3) is 6.08 Å². The van der Waals surface area contributed by atoms with Gasteiger partial charge in [-0.1, -0.05) is 6.08 Å². The lowest BCUT2D eigenvalue weighted by Crippen LogP contribution is -2.23. The third-order valence-electron chi connectivity index (χ3n) is 2.24. The van der Waals surface area contributed by atoms with Crippen LogP contribution in [0.15, 0.2) is 29.0 Å². The van der Waals surface area contributed by atoms with E-state index in [0.717, 1.165) is 10.3 Å². The third-order valence-corrected chi connectivity index (χ3v) is 2.70. The predicted molar refractivity (Wildman–Crippen MR) is 71.6 cm³/mol. The molecule has 7 heteroatoms. The first-order valence-corrected chi connectivity index (χ1v) is 6.10. The van der Waals surface area contributed by atoms with Crippen LogP contribution in [0.2, 0.25) is 0 Å². The van der Waals surface area contributed by atoms with Crippen LogP contribution < -0.4 is 16.0 Å². The second-order valence-corrected chi connectivity index (χ2v) is 4.47. The maximum Gasteiger partial charge on any atom is 0.350 e. The molecule has 0 atom stereocenters. The Bertz CT molecular complexity index is 572. The first-order valence-electron chi connectivity index (χ1n) is 5.30. The largest absolute Gasteiger partial charge is 0.350 e. The van der Waals surface area contributed by atoms with Crippen LogP contribution in [0.1, 0.15) is 16.2 Å². The molecule has 0 unspecified atom stereocenters. The van der Waals surface area contributed by atoms with Crippen molar-refractivity contribution in [2.24, 2.45) is 0 Å². The number of rotatable bonds is 4. The summed E-state index contributed by atoms with van der Waals surface area (Å²) in [4.78, 5) is 20.3. The highest BCUT2D eigenvalue weighted by Gasteiger charge is 2.05. The Morgan fingerprint density at radius 1 is 1.50 bits per heavy atom. The number of halogens is 1. The fourth-order valence-corrected chi connectivity index (χ4v) is 1.75. The highest BCUT2D eigenvalue weighted by atomic mass is 79.9. The molecular formula is C11H13BrN5O+. The van der Waals surface area contributed by atoms with Crippen molar-refractivity contribution < 1.29 is 9.78 Å². The van der Waals surface area contributed by atoms with Crippen molar-refractivity contribution in [3.8, 4) is 0 Å². The second kappa shape index (κ2) is 5.54. The fourth-order valence-electron chi connectivity index (χ4n) is 1.41. The van der Waals surface area contributed by atoms with Gasteiger partial charge in [-0.3, -0.25) is 10.5 Å². The van der Waals surface area contributed by atoms with Gasteiger partial charge in [0, 0.05) is 6.54 Å². The summed E-state index contributed by atoms with van der Waals surface area (Å²) in [6.07, 6.45) is 5.41. The van der Waals surface area contributed by atoms with E-state index >= 15 is 0 Å². The van der Waals surface area contributed by atoms with E-state index in [9.17, 15) is 4.79 Å². The van der Waals surface area contributed by atoms with E-state index in [4.69, 9.17) is 5.73 Å². The molecular weight excluding hydrogens is 298 g/mol. The number of anilines is 1. The Morgan fingerprint density at radius 3 is 2.94 bits per heavy atom. The summed E-state index contributed by atoms with van der Waals surface area (Å²) in [7, 11) is 0. The maximum atomic E-state index is 11.6. The van der Waals surface area contributed by atoms with Crippen LogP contribution in [0.3, 0.4) is 0 Å². The summed E-state index contributed by atoms with van der Waals surface area (Å²) >= 11 is 3.25. The summed E-state index contributed by atoms with van der Waals surface area (Å²) in [6.45, 7) is 0.439. The summed E-state index contributed by atoms with van der Waals surface area (Å²) in [5.74, 6) is 0.345. The molecule has 2 aromatic rings. The van der Waals surface area contributed by atoms with Crippen molar-refractivity contribution in [3.63, 3.8) is 0 Å². The fraction of sp³-hybridized carbons (Fsp3) is 0.0909. The molecule has 0 aliphatic carbocycles. The van der Waals surface area contributed by atoms with Gasteiger partial charge >= 0.3 is 5.95 Å². The van der Waals surface area contributed by atoms with Gasteiger partial charge in [0.15, 0.2) is 0 Å².